The van der Waals surface area contributed by atoms with Gasteiger partial charge in [-0.05, 0) is 50.9 Å². The van der Waals surface area contributed by atoms with Crippen LogP contribution in [0.1, 0.15) is 30.7 Å². The van der Waals surface area contributed by atoms with Crippen molar-refractivity contribution >= 4 is 5.82 Å². The molecule has 1 aromatic carbocycles. The highest BCUT2D eigenvalue weighted by molar-refractivity contribution is 5.60. The fourth-order valence-corrected chi connectivity index (χ4v) is 2.92. The van der Waals surface area contributed by atoms with E-state index in [0.29, 0.717) is 11.7 Å². The van der Waals surface area contributed by atoms with Gasteiger partial charge in [0, 0.05) is 11.6 Å². The maximum absolute atomic E-state index is 5.58. The largest absolute Gasteiger partial charge is 0.381 e. The van der Waals surface area contributed by atoms with Crippen LogP contribution in [-0.4, -0.2) is 30.2 Å². The lowest BCUT2D eigenvalue weighted by Gasteiger charge is -2.15. The third-order valence-electron chi connectivity index (χ3n) is 4.15. The zero-order valence-electron chi connectivity index (χ0n) is 11.9. The molecular weight excluding hydrogens is 250 g/mol. The van der Waals surface area contributed by atoms with Crippen LogP contribution in [0.5, 0.6) is 0 Å². The summed E-state index contributed by atoms with van der Waals surface area (Å²) in [5.41, 5.74) is 8.04. The highest BCUT2D eigenvalue weighted by Crippen LogP contribution is 2.30. The Morgan fingerprint density at radius 3 is 2.70 bits per heavy atom. The fraction of sp³-hybridized carbons (Fsp3) is 0.438. The summed E-state index contributed by atoms with van der Waals surface area (Å²) in [4.78, 5) is 2.42. The molecule has 3 rings (SSSR count). The molecule has 2 heterocycles. The van der Waals surface area contributed by atoms with E-state index in [1.54, 1.807) is 6.07 Å². The molecule has 1 aliphatic rings. The summed E-state index contributed by atoms with van der Waals surface area (Å²) in [5.74, 6) is 1.83. The van der Waals surface area contributed by atoms with Gasteiger partial charge in [-0.3, -0.25) is 0 Å². The first-order valence-corrected chi connectivity index (χ1v) is 7.23. The normalized spacial score (nSPS) is 20.8. The van der Waals surface area contributed by atoms with Crippen molar-refractivity contribution in [1.29, 1.82) is 0 Å². The molecule has 0 amide bonds. The van der Waals surface area contributed by atoms with Gasteiger partial charge in [0.2, 0.25) is 0 Å². The van der Waals surface area contributed by atoms with Crippen LogP contribution in [0.15, 0.2) is 34.9 Å². The maximum Gasteiger partial charge on any atom is 0.169 e. The fourth-order valence-electron chi connectivity index (χ4n) is 2.92. The van der Waals surface area contributed by atoms with Crippen LogP contribution in [0.2, 0.25) is 0 Å². The van der Waals surface area contributed by atoms with E-state index in [1.807, 2.05) is 0 Å². The van der Waals surface area contributed by atoms with E-state index in [1.165, 1.54) is 37.9 Å². The number of benzene rings is 1. The summed E-state index contributed by atoms with van der Waals surface area (Å²) in [6.07, 6.45) is 3.80. The van der Waals surface area contributed by atoms with Crippen molar-refractivity contribution in [3.63, 3.8) is 0 Å². The number of rotatable bonds is 2. The molecule has 1 unspecified atom stereocenters. The number of aromatic nitrogens is 1. The molecule has 4 heteroatoms. The number of nitrogen functional groups attached to an aromatic ring is 1. The second-order valence-electron chi connectivity index (χ2n) is 5.67. The Morgan fingerprint density at radius 1 is 1.20 bits per heavy atom. The molecule has 0 radical (unpaired) electrons. The van der Waals surface area contributed by atoms with Crippen molar-refractivity contribution in [2.45, 2.75) is 25.2 Å². The second-order valence-corrected chi connectivity index (χ2v) is 5.67. The van der Waals surface area contributed by atoms with Crippen LogP contribution in [-0.2, 0) is 0 Å². The molecule has 1 aliphatic heterocycles. The van der Waals surface area contributed by atoms with Gasteiger partial charge in [-0.25, -0.2) is 0 Å². The van der Waals surface area contributed by atoms with Gasteiger partial charge in [0.15, 0.2) is 11.6 Å². The number of hydrogen-bond donors (Lipinski definition) is 1. The van der Waals surface area contributed by atoms with E-state index in [9.17, 15) is 0 Å². The summed E-state index contributed by atoms with van der Waals surface area (Å²) in [6.45, 7) is 2.40. The third kappa shape index (κ3) is 2.85. The smallest absolute Gasteiger partial charge is 0.169 e. The Bertz CT molecular complexity index is 561. The Kier molecular flexibility index (Phi) is 3.74. The van der Waals surface area contributed by atoms with E-state index in [2.05, 4.69) is 41.4 Å². The number of likely N-dealkylation sites (tertiary alicyclic amines) is 1. The van der Waals surface area contributed by atoms with Crippen LogP contribution in [0.4, 0.5) is 5.82 Å². The first-order chi connectivity index (χ1) is 9.72. The molecule has 1 atom stereocenters. The Balaban J connectivity index is 1.75. The molecule has 0 aliphatic carbocycles. The van der Waals surface area contributed by atoms with E-state index >= 15 is 0 Å². The highest BCUT2D eigenvalue weighted by atomic mass is 16.5. The molecule has 0 saturated carbocycles. The van der Waals surface area contributed by atoms with Crippen molar-refractivity contribution in [3.8, 4) is 11.3 Å². The van der Waals surface area contributed by atoms with Gasteiger partial charge in [0.1, 0.15) is 0 Å². The van der Waals surface area contributed by atoms with Gasteiger partial charge >= 0.3 is 0 Å². The standard InChI is InChI=1S/C16H21N3O/c1-19-9-2-3-12(8-10-19)13-4-6-14(7-5-13)15-11-16(17)18-20-15/h4-7,11-12H,2-3,8-10H2,1H3,(H2,17,18). The van der Waals surface area contributed by atoms with Gasteiger partial charge in [0.25, 0.3) is 0 Å². The molecule has 0 spiro atoms. The summed E-state index contributed by atoms with van der Waals surface area (Å²) >= 11 is 0. The lowest BCUT2D eigenvalue weighted by atomic mass is 9.91. The molecule has 106 valence electrons. The molecule has 1 saturated heterocycles. The highest BCUT2D eigenvalue weighted by Gasteiger charge is 2.16. The van der Waals surface area contributed by atoms with Gasteiger partial charge in [-0.1, -0.05) is 29.4 Å². The number of anilines is 1. The maximum atomic E-state index is 5.58. The lowest BCUT2D eigenvalue weighted by molar-refractivity contribution is 0.347. The Hall–Kier alpha value is -1.81. The minimum atomic E-state index is 0.427. The third-order valence-corrected chi connectivity index (χ3v) is 4.15. The molecule has 4 nitrogen and oxygen atoms in total. The van der Waals surface area contributed by atoms with Crippen molar-refractivity contribution in [1.82, 2.24) is 10.1 Å². The Labute approximate surface area is 119 Å². The zero-order valence-corrected chi connectivity index (χ0v) is 11.9. The molecular formula is C16H21N3O. The molecule has 2 aromatic rings. The van der Waals surface area contributed by atoms with Crippen LogP contribution in [0.25, 0.3) is 11.3 Å². The van der Waals surface area contributed by atoms with E-state index in [0.717, 1.165) is 11.3 Å². The number of nitrogens with two attached hydrogens (primary N) is 1. The molecule has 2 N–H and O–H groups in total. The first kappa shape index (κ1) is 13.2. The van der Waals surface area contributed by atoms with Gasteiger partial charge in [-0.2, -0.15) is 0 Å². The summed E-state index contributed by atoms with van der Waals surface area (Å²) in [7, 11) is 2.21. The molecule has 1 aromatic heterocycles. The van der Waals surface area contributed by atoms with Crippen molar-refractivity contribution in [3.05, 3.63) is 35.9 Å². The van der Waals surface area contributed by atoms with Crippen molar-refractivity contribution in [2.24, 2.45) is 0 Å². The molecule has 0 bridgehead atoms. The van der Waals surface area contributed by atoms with E-state index < -0.39 is 0 Å². The second kappa shape index (κ2) is 5.67. The number of hydrogen-bond acceptors (Lipinski definition) is 4. The van der Waals surface area contributed by atoms with E-state index in [-0.39, 0.29) is 0 Å². The minimum absolute atomic E-state index is 0.427. The van der Waals surface area contributed by atoms with Gasteiger partial charge in [-0.15, -0.1) is 0 Å². The Morgan fingerprint density at radius 2 is 2.00 bits per heavy atom. The van der Waals surface area contributed by atoms with Crippen LogP contribution in [0, 0.1) is 0 Å². The molecule has 20 heavy (non-hydrogen) atoms. The number of nitrogens with zero attached hydrogens (tertiary/aromatic N) is 2. The van der Waals surface area contributed by atoms with Gasteiger partial charge in [0.05, 0.1) is 0 Å². The topological polar surface area (TPSA) is 55.3 Å². The average molecular weight is 271 g/mol. The van der Waals surface area contributed by atoms with Crippen LogP contribution >= 0.6 is 0 Å². The van der Waals surface area contributed by atoms with E-state index in [4.69, 9.17) is 10.3 Å². The lowest BCUT2D eigenvalue weighted by Crippen LogP contribution is -2.18. The SMILES string of the molecule is CN1CCCC(c2ccc(-c3cc(N)no3)cc2)CC1. The summed E-state index contributed by atoms with van der Waals surface area (Å²) in [5, 5.41) is 3.72. The van der Waals surface area contributed by atoms with Gasteiger partial charge < -0.3 is 15.2 Å². The minimum Gasteiger partial charge on any atom is -0.381 e. The summed E-state index contributed by atoms with van der Waals surface area (Å²) < 4.78 is 5.19. The van der Waals surface area contributed by atoms with Crippen molar-refractivity contribution in [2.75, 3.05) is 25.9 Å². The average Bonchev–Trinajstić information content (AvgIpc) is 2.77. The van der Waals surface area contributed by atoms with Crippen LogP contribution < -0.4 is 5.73 Å². The monoisotopic (exact) mass is 271 g/mol. The quantitative estimate of drug-likeness (QED) is 0.911. The predicted octanol–water partition coefficient (Wildman–Crippen LogP) is 3.12. The first-order valence-electron chi connectivity index (χ1n) is 7.23. The zero-order chi connectivity index (χ0) is 13.9. The summed E-state index contributed by atoms with van der Waals surface area (Å²) in [6, 6.07) is 10.4. The predicted molar refractivity (Wildman–Crippen MR) is 80.4 cm³/mol. The molecule has 1 fully saturated rings. The van der Waals surface area contributed by atoms with Crippen molar-refractivity contribution < 1.29 is 4.52 Å². The van der Waals surface area contributed by atoms with Crippen LogP contribution in [0.3, 0.4) is 0 Å².